The number of nitrogens with one attached hydrogen (secondary N) is 1. The number of carbonyl (C=O) groups is 3. The minimum atomic E-state index is -3.93. The number of rotatable bonds is 13. The summed E-state index contributed by atoms with van der Waals surface area (Å²) in [5, 5.41) is 12.9. The lowest BCUT2D eigenvalue weighted by Crippen LogP contribution is -2.43. The van der Waals surface area contributed by atoms with E-state index < -0.39 is 46.7 Å². The van der Waals surface area contributed by atoms with Gasteiger partial charge in [0, 0.05) is 25.3 Å². The van der Waals surface area contributed by atoms with Crippen molar-refractivity contribution in [2.24, 2.45) is 5.41 Å². The minimum Gasteiger partial charge on any atom is -0.431 e. The van der Waals surface area contributed by atoms with Crippen LogP contribution in [0.25, 0.3) is 0 Å². The normalized spacial score (nSPS) is 17.0. The van der Waals surface area contributed by atoms with Gasteiger partial charge in [-0.15, -0.1) is 0 Å². The van der Waals surface area contributed by atoms with Crippen LogP contribution in [-0.2, 0) is 38.1 Å². The first-order chi connectivity index (χ1) is 15.4. The molecule has 12 heteroatoms. The predicted molar refractivity (Wildman–Crippen MR) is 117 cm³/mol. The third-order valence-electron chi connectivity index (χ3n) is 5.14. The Morgan fingerprint density at radius 1 is 1.12 bits per heavy atom. The summed E-state index contributed by atoms with van der Waals surface area (Å²) in [5.41, 5.74) is -1.32. The number of hydrogen-bond donors (Lipinski definition) is 2. The maximum absolute atomic E-state index is 12.4. The molecule has 0 radical (unpaired) electrons. The Morgan fingerprint density at radius 2 is 1.76 bits per heavy atom. The number of aliphatic hydroxyl groups excluding tert-OH is 1. The van der Waals surface area contributed by atoms with E-state index >= 15 is 0 Å². The zero-order valence-electron chi connectivity index (χ0n) is 19.8. The average Bonchev–Trinajstić information content (AvgIpc) is 2.75. The van der Waals surface area contributed by atoms with E-state index in [4.69, 9.17) is 18.4 Å². The van der Waals surface area contributed by atoms with Gasteiger partial charge >= 0.3 is 12.1 Å². The Hall–Kier alpha value is -1.92. The van der Waals surface area contributed by atoms with Crippen LogP contribution in [0.4, 0.5) is 4.79 Å². The van der Waals surface area contributed by atoms with Crippen molar-refractivity contribution in [1.82, 2.24) is 5.32 Å². The number of esters is 1. The fraction of sp³-hybridized carbons (Fsp3) is 0.857. The van der Waals surface area contributed by atoms with Gasteiger partial charge in [-0.05, 0) is 32.1 Å². The monoisotopic (exact) mass is 495 g/mol. The smallest absolute Gasteiger partial charge is 0.431 e. The van der Waals surface area contributed by atoms with Crippen molar-refractivity contribution in [3.63, 3.8) is 0 Å². The van der Waals surface area contributed by atoms with E-state index in [1.54, 1.807) is 6.92 Å². The van der Waals surface area contributed by atoms with Crippen molar-refractivity contribution in [3.8, 4) is 0 Å². The topological polar surface area (TPSA) is 155 Å². The van der Waals surface area contributed by atoms with Crippen molar-refractivity contribution in [1.29, 1.82) is 0 Å². The van der Waals surface area contributed by atoms with Gasteiger partial charge in [0.2, 0.25) is 5.91 Å². The zero-order chi connectivity index (χ0) is 25.1. The molecule has 33 heavy (non-hydrogen) atoms. The van der Waals surface area contributed by atoms with Crippen LogP contribution in [0, 0.1) is 5.41 Å². The van der Waals surface area contributed by atoms with E-state index in [0.29, 0.717) is 0 Å². The second-order valence-corrected chi connectivity index (χ2v) is 10.5. The van der Waals surface area contributed by atoms with Crippen molar-refractivity contribution in [2.45, 2.75) is 91.1 Å². The minimum absolute atomic E-state index is 0.137. The molecule has 11 nitrogen and oxygen atoms in total. The lowest BCUT2D eigenvalue weighted by atomic mass is 9.88. The van der Waals surface area contributed by atoms with Gasteiger partial charge < -0.3 is 24.6 Å². The van der Waals surface area contributed by atoms with Gasteiger partial charge in [0.1, 0.15) is 6.10 Å². The number of amides is 1. The summed E-state index contributed by atoms with van der Waals surface area (Å²) >= 11 is 0. The summed E-state index contributed by atoms with van der Waals surface area (Å²) in [6, 6.07) is 0. The predicted octanol–water partition coefficient (Wildman–Crippen LogP) is 2.01. The van der Waals surface area contributed by atoms with Crippen molar-refractivity contribution in [2.75, 3.05) is 18.9 Å². The highest BCUT2D eigenvalue weighted by Gasteiger charge is 2.38. The van der Waals surface area contributed by atoms with Gasteiger partial charge in [0.25, 0.3) is 16.4 Å². The summed E-state index contributed by atoms with van der Waals surface area (Å²) in [6.07, 6.45) is 0.694. The Morgan fingerprint density at radius 3 is 2.33 bits per heavy atom. The lowest BCUT2D eigenvalue weighted by molar-refractivity contribution is -0.188. The number of hydrogen-bond acceptors (Lipinski definition) is 10. The maximum atomic E-state index is 12.4. The largest absolute Gasteiger partial charge is 0.511 e. The van der Waals surface area contributed by atoms with Crippen LogP contribution in [-0.4, -0.2) is 69.0 Å². The maximum Gasteiger partial charge on any atom is 0.511 e. The summed E-state index contributed by atoms with van der Waals surface area (Å²) in [7, 11) is -3.93. The number of carbonyl (C=O) groups excluding carboxylic acids is 3. The molecule has 1 aliphatic rings. The van der Waals surface area contributed by atoms with E-state index in [9.17, 15) is 27.9 Å². The zero-order valence-corrected chi connectivity index (χ0v) is 20.6. The second-order valence-electron chi connectivity index (χ2n) is 8.77. The van der Waals surface area contributed by atoms with E-state index in [1.165, 1.54) is 20.8 Å². The molecule has 0 bridgehead atoms. The quantitative estimate of drug-likeness (QED) is 0.168. The third kappa shape index (κ3) is 11.7. The van der Waals surface area contributed by atoms with Crippen molar-refractivity contribution in [3.05, 3.63) is 0 Å². The molecule has 0 aromatic heterocycles. The van der Waals surface area contributed by atoms with Crippen molar-refractivity contribution >= 4 is 28.1 Å². The second kappa shape index (κ2) is 13.7. The van der Waals surface area contributed by atoms with Gasteiger partial charge in [-0.1, -0.05) is 27.2 Å². The van der Waals surface area contributed by atoms with Crippen LogP contribution in [0.2, 0.25) is 0 Å². The SMILES string of the molecule is CCC(OC(=O)OC1CCCCC1)OC(=O)[C@H](O)C(C)(C)COS(=O)(=O)CCCNC(C)=O. The van der Waals surface area contributed by atoms with Crippen LogP contribution in [0.15, 0.2) is 0 Å². The summed E-state index contributed by atoms with van der Waals surface area (Å²) < 4.78 is 44.3. The highest BCUT2D eigenvalue weighted by atomic mass is 32.2. The number of aliphatic hydroxyl groups is 1. The first-order valence-corrected chi connectivity index (χ1v) is 12.8. The Labute approximate surface area is 195 Å². The summed E-state index contributed by atoms with van der Waals surface area (Å²) in [6.45, 7) is 5.52. The molecule has 1 rings (SSSR count). The van der Waals surface area contributed by atoms with Crippen molar-refractivity contribution < 1.29 is 46.3 Å². The first kappa shape index (κ1) is 29.1. The molecular weight excluding hydrogens is 458 g/mol. The van der Waals surface area contributed by atoms with E-state index in [1.807, 2.05) is 0 Å². The van der Waals surface area contributed by atoms with Gasteiger partial charge in [0.05, 0.1) is 12.4 Å². The average molecular weight is 496 g/mol. The fourth-order valence-corrected chi connectivity index (χ4v) is 4.15. The molecule has 192 valence electrons. The molecule has 0 saturated heterocycles. The Balaban J connectivity index is 2.51. The molecule has 0 aromatic carbocycles. The summed E-state index contributed by atoms with van der Waals surface area (Å²) in [4.78, 5) is 35.2. The fourth-order valence-electron chi connectivity index (χ4n) is 3.05. The molecule has 0 spiro atoms. The first-order valence-electron chi connectivity index (χ1n) is 11.2. The molecule has 1 saturated carbocycles. The standard InChI is InChI=1S/C21H37NO10S/c1-5-17(32-20(26)30-16-10-7-6-8-11-16)31-19(25)18(24)21(3,4)14-29-33(27,28)13-9-12-22-15(2)23/h16-18,24H,5-14H2,1-4H3,(H,22,23)/t17?,18-/m0/s1. The molecule has 2 atom stereocenters. The van der Waals surface area contributed by atoms with Crippen LogP contribution in [0.1, 0.15) is 72.6 Å². The molecule has 0 aliphatic heterocycles. The lowest BCUT2D eigenvalue weighted by Gasteiger charge is -2.29. The van der Waals surface area contributed by atoms with Crippen LogP contribution < -0.4 is 5.32 Å². The molecular formula is C21H37NO10S. The highest BCUT2D eigenvalue weighted by molar-refractivity contribution is 7.86. The van der Waals surface area contributed by atoms with Gasteiger partial charge in [-0.3, -0.25) is 8.98 Å². The van der Waals surface area contributed by atoms with Gasteiger partial charge in [-0.25, -0.2) is 9.59 Å². The molecule has 1 amide bonds. The van der Waals surface area contributed by atoms with Gasteiger partial charge in [0.15, 0.2) is 6.10 Å². The van der Waals surface area contributed by atoms with E-state index in [0.717, 1.165) is 32.1 Å². The molecule has 1 unspecified atom stereocenters. The molecule has 2 N–H and O–H groups in total. The molecule has 1 aliphatic carbocycles. The van der Waals surface area contributed by atoms with Gasteiger partial charge in [-0.2, -0.15) is 8.42 Å². The molecule has 0 aromatic rings. The van der Waals surface area contributed by atoms with Crippen LogP contribution >= 0.6 is 0 Å². The Bertz CT molecular complexity index is 746. The number of ether oxygens (including phenoxy) is 3. The Kier molecular flexibility index (Phi) is 12.1. The van der Waals surface area contributed by atoms with E-state index in [2.05, 4.69) is 5.32 Å². The molecule has 1 fully saturated rings. The highest BCUT2D eigenvalue weighted by Crippen LogP contribution is 2.25. The molecule has 0 heterocycles. The van der Waals surface area contributed by atoms with Crippen LogP contribution in [0.5, 0.6) is 0 Å². The third-order valence-corrected chi connectivity index (χ3v) is 6.41. The summed E-state index contributed by atoms with van der Waals surface area (Å²) in [5.74, 6) is -1.68. The van der Waals surface area contributed by atoms with Crippen LogP contribution in [0.3, 0.4) is 0 Å². The van der Waals surface area contributed by atoms with E-state index in [-0.39, 0.29) is 37.2 Å².